The highest BCUT2D eigenvalue weighted by Crippen LogP contribution is 2.41. The van der Waals surface area contributed by atoms with E-state index in [1.165, 1.54) is 24.8 Å². The molecule has 1 aromatic carbocycles. The molecule has 1 aliphatic heterocycles. The topological polar surface area (TPSA) is 18.5 Å². The monoisotopic (exact) mass is 392 g/mol. The van der Waals surface area contributed by atoms with E-state index in [9.17, 15) is 8.78 Å². The lowest BCUT2D eigenvalue weighted by Gasteiger charge is -2.35. The van der Waals surface area contributed by atoms with Gasteiger partial charge in [-0.05, 0) is 87.3 Å². The molecule has 28 heavy (non-hydrogen) atoms. The molecule has 2 nitrogen and oxygen atoms in total. The Morgan fingerprint density at radius 2 is 1.79 bits per heavy atom. The first-order valence-electron chi connectivity index (χ1n) is 11.1. The first kappa shape index (κ1) is 21.1. The number of ether oxygens (including phenoxy) is 2. The lowest BCUT2D eigenvalue weighted by molar-refractivity contribution is 0.0443. The van der Waals surface area contributed by atoms with Gasteiger partial charge in [0.25, 0.3) is 0 Å². The third-order valence-electron chi connectivity index (χ3n) is 6.37. The Bertz CT molecular complexity index is 663. The predicted molar refractivity (Wildman–Crippen MR) is 109 cm³/mol. The molecule has 0 aromatic heterocycles. The van der Waals surface area contributed by atoms with Crippen LogP contribution in [0.15, 0.2) is 24.0 Å². The third-order valence-corrected chi connectivity index (χ3v) is 6.37. The third kappa shape index (κ3) is 5.07. The van der Waals surface area contributed by atoms with Gasteiger partial charge in [0.2, 0.25) is 5.82 Å². The molecular formula is C24H34F2O2. The van der Waals surface area contributed by atoms with Crippen molar-refractivity contribution in [2.75, 3.05) is 6.61 Å². The molecule has 0 bridgehead atoms. The van der Waals surface area contributed by atoms with Crippen LogP contribution in [-0.4, -0.2) is 12.7 Å². The van der Waals surface area contributed by atoms with Gasteiger partial charge in [0.1, 0.15) is 6.10 Å². The van der Waals surface area contributed by atoms with Crippen LogP contribution in [0.25, 0.3) is 0 Å². The molecule has 1 atom stereocenters. The average molecular weight is 393 g/mol. The highest BCUT2D eigenvalue weighted by Gasteiger charge is 2.32. The maximum atomic E-state index is 14.5. The van der Waals surface area contributed by atoms with E-state index in [1.54, 1.807) is 19.1 Å². The van der Waals surface area contributed by atoms with Gasteiger partial charge < -0.3 is 9.47 Å². The number of rotatable bonds is 8. The molecule has 2 aliphatic rings. The molecular weight excluding hydrogens is 358 g/mol. The van der Waals surface area contributed by atoms with Crippen molar-refractivity contribution in [2.24, 2.45) is 5.92 Å². The number of hydrogen-bond donors (Lipinski definition) is 0. The van der Waals surface area contributed by atoms with Gasteiger partial charge in [-0.15, -0.1) is 0 Å². The Morgan fingerprint density at radius 3 is 2.43 bits per heavy atom. The molecule has 4 heteroatoms. The smallest absolute Gasteiger partial charge is 0.200 e. The first-order chi connectivity index (χ1) is 13.6. The van der Waals surface area contributed by atoms with E-state index in [0.29, 0.717) is 18.1 Å². The summed E-state index contributed by atoms with van der Waals surface area (Å²) in [6.07, 6.45) is 13.3. The van der Waals surface area contributed by atoms with Crippen LogP contribution >= 0.6 is 0 Å². The van der Waals surface area contributed by atoms with Gasteiger partial charge in [0, 0.05) is 0 Å². The Labute approximate surface area is 168 Å². The summed E-state index contributed by atoms with van der Waals surface area (Å²) in [7, 11) is 0. The lowest BCUT2D eigenvalue weighted by Crippen LogP contribution is -2.28. The molecule has 0 radical (unpaired) electrons. The summed E-state index contributed by atoms with van der Waals surface area (Å²) in [6, 6.07) is 3.27. The van der Waals surface area contributed by atoms with Crippen LogP contribution in [0.3, 0.4) is 0 Å². The maximum absolute atomic E-state index is 14.5. The highest BCUT2D eigenvalue weighted by molar-refractivity contribution is 5.33. The molecule has 0 spiro atoms. The van der Waals surface area contributed by atoms with Crippen LogP contribution in [-0.2, 0) is 4.74 Å². The summed E-state index contributed by atoms with van der Waals surface area (Å²) in [5.74, 6) is -0.958. The highest BCUT2D eigenvalue weighted by atomic mass is 19.2. The first-order valence-corrected chi connectivity index (χ1v) is 11.1. The molecule has 1 heterocycles. The fourth-order valence-corrected chi connectivity index (χ4v) is 4.70. The van der Waals surface area contributed by atoms with Crippen molar-refractivity contribution in [1.29, 1.82) is 0 Å². The number of allylic oxidation sites excluding steroid dienone is 1. The molecule has 0 N–H and O–H groups in total. The Morgan fingerprint density at radius 1 is 1.00 bits per heavy atom. The second-order valence-electron chi connectivity index (χ2n) is 8.27. The Kier molecular flexibility index (Phi) is 7.75. The van der Waals surface area contributed by atoms with Gasteiger partial charge in [0.05, 0.1) is 12.9 Å². The molecule has 156 valence electrons. The van der Waals surface area contributed by atoms with Crippen LogP contribution in [0, 0.1) is 17.6 Å². The van der Waals surface area contributed by atoms with Crippen LogP contribution in [0.4, 0.5) is 8.78 Å². The summed E-state index contributed by atoms with van der Waals surface area (Å²) in [6.45, 7) is 4.33. The molecule has 1 aromatic rings. The van der Waals surface area contributed by atoms with Crippen molar-refractivity contribution in [3.63, 3.8) is 0 Å². The van der Waals surface area contributed by atoms with Crippen molar-refractivity contribution < 1.29 is 18.3 Å². The van der Waals surface area contributed by atoms with Gasteiger partial charge in [-0.2, -0.15) is 4.39 Å². The van der Waals surface area contributed by atoms with Gasteiger partial charge in [-0.1, -0.05) is 25.8 Å². The SMILES string of the molecule is CCCCCC1=COC(C2CCC(c3ccc(OCC)c(F)c3F)CC2)CC1. The summed E-state index contributed by atoms with van der Waals surface area (Å²) in [4.78, 5) is 0. The van der Waals surface area contributed by atoms with Crippen LogP contribution in [0.5, 0.6) is 5.75 Å². The summed E-state index contributed by atoms with van der Waals surface area (Å²) in [5.41, 5.74) is 1.95. The van der Waals surface area contributed by atoms with Crippen molar-refractivity contribution in [2.45, 2.75) is 90.1 Å². The summed E-state index contributed by atoms with van der Waals surface area (Å²) < 4.78 is 39.9. The second-order valence-corrected chi connectivity index (χ2v) is 8.27. The normalized spacial score (nSPS) is 25.1. The standard InChI is InChI=1S/C24H34F2O2/c1-3-5-6-7-17-8-14-21(28-16-17)19-11-9-18(10-12-19)20-13-15-22(27-4-2)24(26)23(20)25/h13,15-16,18-19,21H,3-12,14H2,1-2H3. The van der Waals surface area contributed by atoms with E-state index in [1.807, 2.05) is 6.26 Å². The van der Waals surface area contributed by atoms with Crippen molar-refractivity contribution in [3.8, 4) is 5.75 Å². The predicted octanol–water partition coefficient (Wildman–Crippen LogP) is 7.28. The van der Waals surface area contributed by atoms with E-state index in [0.717, 1.165) is 44.9 Å². The van der Waals surface area contributed by atoms with Crippen LogP contribution in [0.1, 0.15) is 89.5 Å². The molecule has 1 aliphatic carbocycles. The van der Waals surface area contributed by atoms with E-state index in [-0.39, 0.29) is 17.8 Å². The maximum Gasteiger partial charge on any atom is 0.200 e. The Balaban J connectivity index is 1.52. The van der Waals surface area contributed by atoms with Crippen molar-refractivity contribution in [1.82, 2.24) is 0 Å². The van der Waals surface area contributed by atoms with Crippen molar-refractivity contribution >= 4 is 0 Å². The van der Waals surface area contributed by atoms with E-state index >= 15 is 0 Å². The lowest BCUT2D eigenvalue weighted by atomic mass is 9.75. The molecule has 0 amide bonds. The van der Waals surface area contributed by atoms with Crippen LogP contribution in [0.2, 0.25) is 0 Å². The van der Waals surface area contributed by atoms with Gasteiger partial charge in [0.15, 0.2) is 11.6 Å². The largest absolute Gasteiger partial charge is 0.498 e. The fraction of sp³-hybridized carbons (Fsp3) is 0.667. The van der Waals surface area contributed by atoms with Gasteiger partial charge in [-0.3, -0.25) is 0 Å². The summed E-state index contributed by atoms with van der Waals surface area (Å²) in [5, 5.41) is 0. The number of hydrogen-bond acceptors (Lipinski definition) is 2. The van der Waals surface area contributed by atoms with E-state index in [4.69, 9.17) is 9.47 Å². The number of unbranched alkanes of at least 4 members (excludes halogenated alkanes) is 2. The molecule has 0 saturated heterocycles. The zero-order valence-corrected chi connectivity index (χ0v) is 17.3. The van der Waals surface area contributed by atoms with Gasteiger partial charge >= 0.3 is 0 Å². The number of benzene rings is 1. The van der Waals surface area contributed by atoms with Gasteiger partial charge in [-0.25, -0.2) is 4.39 Å². The zero-order valence-electron chi connectivity index (χ0n) is 17.3. The second kappa shape index (κ2) is 10.3. The minimum Gasteiger partial charge on any atom is -0.498 e. The average Bonchev–Trinajstić information content (AvgIpc) is 2.73. The molecule has 3 rings (SSSR count). The minimum absolute atomic E-state index is 0.00886. The molecule has 1 fully saturated rings. The van der Waals surface area contributed by atoms with Crippen LogP contribution < -0.4 is 4.74 Å². The quantitative estimate of drug-likeness (QED) is 0.433. The van der Waals surface area contributed by atoms with E-state index < -0.39 is 11.6 Å². The molecule has 1 saturated carbocycles. The molecule has 1 unspecified atom stereocenters. The van der Waals surface area contributed by atoms with Crippen molar-refractivity contribution in [3.05, 3.63) is 41.2 Å². The Hall–Kier alpha value is -1.58. The number of halogens is 2. The fourth-order valence-electron chi connectivity index (χ4n) is 4.70. The van der Waals surface area contributed by atoms with E-state index in [2.05, 4.69) is 6.92 Å². The minimum atomic E-state index is -0.849. The summed E-state index contributed by atoms with van der Waals surface area (Å²) >= 11 is 0. The zero-order chi connectivity index (χ0) is 19.9.